The summed E-state index contributed by atoms with van der Waals surface area (Å²) in [7, 11) is 0. The van der Waals surface area contributed by atoms with E-state index in [1.54, 1.807) is 10.6 Å². The van der Waals surface area contributed by atoms with Crippen molar-refractivity contribution in [2.24, 2.45) is 0 Å². The van der Waals surface area contributed by atoms with E-state index in [1.165, 1.54) is 29.6 Å². The number of carbonyl (C=O) groups excluding carboxylic acids is 1. The highest BCUT2D eigenvalue weighted by atomic mass is 35.5. The molecule has 0 spiro atoms. The van der Waals surface area contributed by atoms with Gasteiger partial charge in [0.2, 0.25) is 5.91 Å². The lowest BCUT2D eigenvalue weighted by Crippen LogP contribution is -2.08. The number of thiazole rings is 1. The van der Waals surface area contributed by atoms with Gasteiger partial charge in [-0.05, 0) is 18.2 Å². The van der Waals surface area contributed by atoms with Gasteiger partial charge in [-0.15, -0.1) is 11.3 Å². The molecule has 1 N–H and O–H groups in total. The molecule has 0 unspecified atom stereocenters. The Morgan fingerprint density at radius 1 is 1.36 bits per heavy atom. The summed E-state index contributed by atoms with van der Waals surface area (Å²) in [6, 6.07) is 3.12. The van der Waals surface area contributed by atoms with Crippen molar-refractivity contribution in [3.63, 3.8) is 0 Å². The SMILES string of the molecule is O=C(/C=C/c1c(Cl)nc2sccn12)Nc1ccc(F)c(F)c1. The van der Waals surface area contributed by atoms with Crippen molar-refractivity contribution >= 4 is 45.6 Å². The van der Waals surface area contributed by atoms with Crippen LogP contribution in [-0.2, 0) is 4.79 Å². The monoisotopic (exact) mass is 339 g/mol. The van der Waals surface area contributed by atoms with Gasteiger partial charge in [0.15, 0.2) is 21.7 Å². The predicted molar refractivity (Wildman–Crippen MR) is 82.1 cm³/mol. The molecule has 0 radical (unpaired) electrons. The Hall–Kier alpha value is -2.25. The number of nitrogens with one attached hydrogen (secondary N) is 1. The van der Waals surface area contributed by atoms with Gasteiger partial charge in [-0.25, -0.2) is 13.8 Å². The molecule has 3 aromatic rings. The molecule has 0 aliphatic heterocycles. The molecule has 0 saturated carbocycles. The number of amides is 1. The molecule has 0 bridgehead atoms. The number of hydrogen-bond acceptors (Lipinski definition) is 3. The molecule has 2 heterocycles. The van der Waals surface area contributed by atoms with E-state index in [2.05, 4.69) is 10.3 Å². The molecule has 112 valence electrons. The van der Waals surface area contributed by atoms with Gasteiger partial charge in [0.05, 0.1) is 5.69 Å². The van der Waals surface area contributed by atoms with E-state index in [4.69, 9.17) is 11.6 Å². The van der Waals surface area contributed by atoms with Crippen LogP contribution in [0.5, 0.6) is 0 Å². The van der Waals surface area contributed by atoms with Crippen LogP contribution in [0.4, 0.5) is 14.5 Å². The standard InChI is InChI=1S/C14H8ClF2N3OS/c15-13-11(20-5-6-22-14(20)19-13)3-4-12(21)18-8-1-2-9(16)10(17)7-8/h1-7H,(H,18,21)/b4-3+. The van der Waals surface area contributed by atoms with Gasteiger partial charge in [0, 0.05) is 29.4 Å². The second-order valence-electron chi connectivity index (χ2n) is 4.29. The van der Waals surface area contributed by atoms with E-state index in [0.29, 0.717) is 10.7 Å². The molecule has 3 rings (SSSR count). The first-order chi connectivity index (χ1) is 10.5. The Labute approximate surface area is 132 Å². The molecular formula is C14H8ClF2N3OS. The van der Waals surface area contributed by atoms with Crippen molar-refractivity contribution in [2.45, 2.75) is 0 Å². The smallest absolute Gasteiger partial charge is 0.248 e. The quantitative estimate of drug-likeness (QED) is 0.734. The fourth-order valence-corrected chi connectivity index (χ4v) is 2.84. The van der Waals surface area contributed by atoms with Crippen LogP contribution < -0.4 is 5.32 Å². The first-order valence-electron chi connectivity index (χ1n) is 6.10. The molecular weight excluding hydrogens is 332 g/mol. The zero-order valence-corrected chi connectivity index (χ0v) is 12.5. The lowest BCUT2D eigenvalue weighted by atomic mass is 10.3. The molecule has 0 saturated heterocycles. The molecule has 2 aromatic heterocycles. The van der Waals surface area contributed by atoms with Crippen molar-refractivity contribution in [1.29, 1.82) is 0 Å². The fraction of sp³-hybridized carbons (Fsp3) is 0. The minimum absolute atomic E-state index is 0.161. The zero-order valence-electron chi connectivity index (χ0n) is 10.9. The molecule has 0 aliphatic rings. The van der Waals surface area contributed by atoms with Gasteiger partial charge in [0.1, 0.15) is 0 Å². The first kappa shape index (κ1) is 14.7. The summed E-state index contributed by atoms with van der Waals surface area (Å²) < 4.78 is 27.6. The maximum absolute atomic E-state index is 13.1. The summed E-state index contributed by atoms with van der Waals surface area (Å²) in [6.07, 6.45) is 4.53. The van der Waals surface area contributed by atoms with Crippen molar-refractivity contribution in [2.75, 3.05) is 5.32 Å². The third-order valence-corrected chi connectivity index (χ3v) is 3.87. The molecule has 0 aliphatic carbocycles. The molecule has 0 fully saturated rings. The largest absolute Gasteiger partial charge is 0.322 e. The molecule has 1 aromatic carbocycles. The van der Waals surface area contributed by atoms with Gasteiger partial charge in [0.25, 0.3) is 0 Å². The summed E-state index contributed by atoms with van der Waals surface area (Å²) >= 11 is 7.41. The lowest BCUT2D eigenvalue weighted by molar-refractivity contribution is -0.111. The number of aromatic nitrogens is 2. The second kappa shape index (κ2) is 5.86. The number of halogens is 3. The van der Waals surface area contributed by atoms with Gasteiger partial charge >= 0.3 is 0 Å². The van der Waals surface area contributed by atoms with Crippen molar-refractivity contribution in [1.82, 2.24) is 9.38 Å². The summed E-state index contributed by atoms with van der Waals surface area (Å²) in [6.45, 7) is 0. The van der Waals surface area contributed by atoms with Crippen LogP contribution in [0.15, 0.2) is 35.9 Å². The Kier molecular flexibility index (Phi) is 3.91. The molecule has 8 heteroatoms. The Morgan fingerprint density at radius 3 is 2.95 bits per heavy atom. The first-order valence-corrected chi connectivity index (χ1v) is 7.35. The van der Waals surface area contributed by atoms with E-state index in [9.17, 15) is 13.6 Å². The summed E-state index contributed by atoms with van der Waals surface area (Å²) in [5, 5.41) is 4.56. The van der Waals surface area contributed by atoms with Crippen molar-refractivity contribution < 1.29 is 13.6 Å². The number of fused-ring (bicyclic) bond motifs is 1. The molecule has 22 heavy (non-hydrogen) atoms. The van der Waals surface area contributed by atoms with Gasteiger partial charge in [-0.3, -0.25) is 9.20 Å². The van der Waals surface area contributed by atoms with Crippen molar-refractivity contribution in [3.8, 4) is 0 Å². The van der Waals surface area contributed by atoms with E-state index < -0.39 is 17.5 Å². The van der Waals surface area contributed by atoms with E-state index in [1.807, 2.05) is 5.38 Å². The zero-order chi connectivity index (χ0) is 15.7. The maximum atomic E-state index is 13.1. The molecule has 1 amide bonds. The van der Waals surface area contributed by atoms with E-state index in [0.717, 1.165) is 12.1 Å². The predicted octanol–water partition coefficient (Wildman–Crippen LogP) is 3.98. The normalized spacial score (nSPS) is 11.4. The highest BCUT2D eigenvalue weighted by Crippen LogP contribution is 2.22. The Balaban J connectivity index is 1.77. The van der Waals surface area contributed by atoms with E-state index >= 15 is 0 Å². The average molecular weight is 340 g/mol. The summed E-state index contributed by atoms with van der Waals surface area (Å²) in [5.74, 6) is -2.49. The van der Waals surface area contributed by atoms with Crippen LogP contribution in [0.3, 0.4) is 0 Å². The fourth-order valence-electron chi connectivity index (χ4n) is 1.84. The topological polar surface area (TPSA) is 46.4 Å². The van der Waals surface area contributed by atoms with Crippen LogP contribution in [0.25, 0.3) is 11.0 Å². The third-order valence-electron chi connectivity index (χ3n) is 2.83. The van der Waals surface area contributed by atoms with Crippen LogP contribution >= 0.6 is 22.9 Å². The summed E-state index contributed by atoms with van der Waals surface area (Å²) in [5.41, 5.74) is 0.729. The average Bonchev–Trinajstić information content (AvgIpc) is 3.01. The third kappa shape index (κ3) is 2.86. The number of hydrogen-bond donors (Lipinski definition) is 1. The van der Waals surface area contributed by atoms with Crippen LogP contribution in [0.2, 0.25) is 5.15 Å². The van der Waals surface area contributed by atoms with Crippen LogP contribution in [-0.4, -0.2) is 15.3 Å². The van der Waals surface area contributed by atoms with Crippen LogP contribution in [0, 0.1) is 11.6 Å². The van der Waals surface area contributed by atoms with E-state index in [-0.39, 0.29) is 10.8 Å². The number of benzene rings is 1. The van der Waals surface area contributed by atoms with Gasteiger partial charge in [-0.1, -0.05) is 11.6 Å². The van der Waals surface area contributed by atoms with Gasteiger partial charge < -0.3 is 5.32 Å². The number of carbonyl (C=O) groups is 1. The minimum Gasteiger partial charge on any atom is -0.322 e. The highest BCUT2D eigenvalue weighted by molar-refractivity contribution is 7.15. The molecule has 0 atom stereocenters. The lowest BCUT2D eigenvalue weighted by Gasteiger charge is -2.02. The number of rotatable bonds is 3. The van der Waals surface area contributed by atoms with Crippen molar-refractivity contribution in [3.05, 3.63) is 58.3 Å². The number of anilines is 1. The van der Waals surface area contributed by atoms with Crippen LogP contribution in [0.1, 0.15) is 5.69 Å². The minimum atomic E-state index is -1.03. The Morgan fingerprint density at radius 2 is 2.18 bits per heavy atom. The highest BCUT2D eigenvalue weighted by Gasteiger charge is 2.09. The number of nitrogens with zero attached hydrogens (tertiary/aromatic N) is 2. The maximum Gasteiger partial charge on any atom is 0.248 e. The summed E-state index contributed by atoms with van der Waals surface area (Å²) in [4.78, 5) is 16.6. The van der Waals surface area contributed by atoms with Gasteiger partial charge in [-0.2, -0.15) is 0 Å². The second-order valence-corrected chi connectivity index (χ2v) is 5.53. The number of imidazole rings is 1. The molecule has 4 nitrogen and oxygen atoms in total. The Bertz CT molecular complexity index is 887.